The number of aromatic nitrogens is 1. The Morgan fingerprint density at radius 2 is 2.00 bits per heavy atom. The van der Waals surface area contributed by atoms with E-state index in [2.05, 4.69) is 4.98 Å². The van der Waals surface area contributed by atoms with E-state index in [0.29, 0.717) is 0 Å². The third-order valence-corrected chi connectivity index (χ3v) is 2.21. The SMILES string of the molecule is O=C(Cl)c1c(Cl)cnc(Cl)c1C(F)F. The maximum Gasteiger partial charge on any atom is 0.267 e. The van der Waals surface area contributed by atoms with Crippen LogP contribution in [0.4, 0.5) is 8.78 Å². The Morgan fingerprint density at radius 3 is 2.36 bits per heavy atom. The summed E-state index contributed by atoms with van der Waals surface area (Å²) < 4.78 is 24.9. The van der Waals surface area contributed by atoms with E-state index in [1.54, 1.807) is 0 Å². The lowest BCUT2D eigenvalue weighted by molar-refractivity contribution is 0.106. The van der Waals surface area contributed by atoms with Gasteiger partial charge in [0.25, 0.3) is 11.7 Å². The van der Waals surface area contributed by atoms with Crippen LogP contribution in [0, 0.1) is 0 Å². The number of carbonyl (C=O) groups is 1. The van der Waals surface area contributed by atoms with Crippen molar-refractivity contribution in [1.29, 1.82) is 0 Å². The van der Waals surface area contributed by atoms with Crippen LogP contribution in [0.15, 0.2) is 6.20 Å². The molecule has 0 saturated heterocycles. The zero-order valence-corrected chi connectivity index (χ0v) is 8.67. The second kappa shape index (κ2) is 4.38. The molecule has 1 rings (SSSR count). The minimum Gasteiger partial charge on any atom is -0.276 e. The Bertz CT molecular complexity index is 383. The standard InChI is InChI=1S/C7H2Cl3F2NO/c8-2-1-13-5(9)4(7(11)12)3(2)6(10)14/h1,7H. The number of hydrogen-bond acceptors (Lipinski definition) is 2. The van der Waals surface area contributed by atoms with Gasteiger partial charge in [-0.25, -0.2) is 13.8 Å². The Kier molecular flexibility index (Phi) is 3.64. The third-order valence-electron chi connectivity index (χ3n) is 1.44. The molecule has 1 aromatic rings. The maximum absolute atomic E-state index is 12.4. The van der Waals surface area contributed by atoms with Crippen LogP contribution in [0.25, 0.3) is 0 Å². The Balaban J connectivity index is 3.50. The monoisotopic (exact) mass is 259 g/mol. The lowest BCUT2D eigenvalue weighted by Gasteiger charge is -2.07. The molecule has 0 fully saturated rings. The first kappa shape index (κ1) is 11.6. The highest BCUT2D eigenvalue weighted by atomic mass is 35.5. The van der Waals surface area contributed by atoms with E-state index < -0.39 is 27.9 Å². The summed E-state index contributed by atoms with van der Waals surface area (Å²) in [4.78, 5) is 14.2. The quantitative estimate of drug-likeness (QED) is 0.599. The molecule has 0 aliphatic heterocycles. The summed E-state index contributed by atoms with van der Waals surface area (Å²) >= 11 is 15.9. The zero-order valence-electron chi connectivity index (χ0n) is 6.40. The van der Waals surface area contributed by atoms with Gasteiger partial charge in [-0.2, -0.15) is 0 Å². The number of alkyl halides is 2. The molecule has 0 aliphatic carbocycles. The molecule has 0 aliphatic rings. The van der Waals surface area contributed by atoms with Crippen molar-refractivity contribution < 1.29 is 13.6 Å². The molecule has 0 N–H and O–H groups in total. The fraction of sp³-hybridized carbons (Fsp3) is 0.143. The molecule has 0 unspecified atom stereocenters. The highest BCUT2D eigenvalue weighted by Crippen LogP contribution is 2.33. The van der Waals surface area contributed by atoms with Crippen LogP contribution < -0.4 is 0 Å². The number of carbonyl (C=O) groups excluding carboxylic acids is 1. The summed E-state index contributed by atoms with van der Waals surface area (Å²) in [7, 11) is 0. The summed E-state index contributed by atoms with van der Waals surface area (Å²) in [6.45, 7) is 0. The molecular formula is C7H2Cl3F2NO. The Morgan fingerprint density at radius 1 is 1.43 bits per heavy atom. The first-order chi connectivity index (χ1) is 6.45. The van der Waals surface area contributed by atoms with Crippen LogP contribution in [0.5, 0.6) is 0 Å². The van der Waals surface area contributed by atoms with Gasteiger partial charge in [-0.15, -0.1) is 0 Å². The van der Waals surface area contributed by atoms with Crippen molar-refractivity contribution in [3.05, 3.63) is 27.5 Å². The van der Waals surface area contributed by atoms with Crippen LogP contribution in [0.3, 0.4) is 0 Å². The fourth-order valence-corrected chi connectivity index (χ4v) is 1.59. The van der Waals surface area contributed by atoms with E-state index in [0.717, 1.165) is 6.20 Å². The van der Waals surface area contributed by atoms with Crippen molar-refractivity contribution in [2.24, 2.45) is 0 Å². The van der Waals surface area contributed by atoms with Crippen molar-refractivity contribution >= 4 is 40.0 Å². The molecule has 76 valence electrons. The average molecular weight is 260 g/mol. The predicted octanol–water partition coefficient (Wildman–Crippen LogP) is 3.71. The number of rotatable bonds is 2. The molecule has 1 aromatic heterocycles. The average Bonchev–Trinajstić information content (AvgIpc) is 2.07. The van der Waals surface area contributed by atoms with Gasteiger partial charge in [0.2, 0.25) is 0 Å². The van der Waals surface area contributed by atoms with Gasteiger partial charge in [0, 0.05) is 6.20 Å². The van der Waals surface area contributed by atoms with Gasteiger partial charge in [0.1, 0.15) is 5.15 Å². The molecule has 1 heterocycles. The van der Waals surface area contributed by atoms with E-state index in [-0.39, 0.29) is 5.02 Å². The summed E-state index contributed by atoms with van der Waals surface area (Å²) in [6, 6.07) is 0. The van der Waals surface area contributed by atoms with E-state index >= 15 is 0 Å². The minimum atomic E-state index is -2.95. The highest BCUT2D eigenvalue weighted by molar-refractivity contribution is 6.69. The first-order valence-electron chi connectivity index (χ1n) is 3.27. The molecule has 2 nitrogen and oxygen atoms in total. The fourth-order valence-electron chi connectivity index (χ4n) is 0.878. The number of hydrogen-bond donors (Lipinski definition) is 0. The topological polar surface area (TPSA) is 30.0 Å². The highest BCUT2D eigenvalue weighted by Gasteiger charge is 2.24. The third kappa shape index (κ3) is 2.13. The largest absolute Gasteiger partial charge is 0.276 e. The van der Waals surface area contributed by atoms with Gasteiger partial charge in [0.05, 0.1) is 16.1 Å². The summed E-state index contributed by atoms with van der Waals surface area (Å²) in [5.41, 5.74) is -1.23. The van der Waals surface area contributed by atoms with E-state index in [4.69, 9.17) is 34.8 Å². The maximum atomic E-state index is 12.4. The van der Waals surface area contributed by atoms with Crippen molar-refractivity contribution in [1.82, 2.24) is 4.98 Å². The van der Waals surface area contributed by atoms with Crippen molar-refractivity contribution in [3.8, 4) is 0 Å². The first-order valence-corrected chi connectivity index (χ1v) is 4.40. The molecule has 0 spiro atoms. The van der Waals surface area contributed by atoms with Crippen LogP contribution in [0.1, 0.15) is 22.3 Å². The van der Waals surface area contributed by atoms with Crippen LogP contribution >= 0.6 is 34.8 Å². The molecule has 0 aromatic carbocycles. The van der Waals surface area contributed by atoms with E-state index in [1.807, 2.05) is 0 Å². The summed E-state index contributed by atoms with van der Waals surface area (Å²) in [5, 5.41) is -1.81. The van der Waals surface area contributed by atoms with Crippen LogP contribution in [-0.2, 0) is 0 Å². The van der Waals surface area contributed by atoms with Gasteiger partial charge < -0.3 is 0 Å². The smallest absolute Gasteiger partial charge is 0.267 e. The molecule has 0 saturated carbocycles. The number of halogens is 5. The normalized spacial score (nSPS) is 10.7. The molecule has 7 heteroatoms. The lowest BCUT2D eigenvalue weighted by atomic mass is 10.1. The van der Waals surface area contributed by atoms with Gasteiger partial charge in [-0.05, 0) is 11.6 Å². The predicted molar refractivity (Wildman–Crippen MR) is 49.4 cm³/mol. The molecule has 14 heavy (non-hydrogen) atoms. The Labute approximate surface area is 92.8 Å². The number of pyridine rings is 1. The second-order valence-electron chi connectivity index (χ2n) is 2.26. The minimum absolute atomic E-state index is 0.246. The lowest BCUT2D eigenvalue weighted by Crippen LogP contribution is -2.02. The van der Waals surface area contributed by atoms with E-state index in [1.165, 1.54) is 0 Å². The van der Waals surface area contributed by atoms with E-state index in [9.17, 15) is 13.6 Å². The molecule has 0 radical (unpaired) electrons. The summed E-state index contributed by atoms with van der Waals surface area (Å²) in [6.07, 6.45) is -1.96. The Hall–Kier alpha value is -0.450. The van der Waals surface area contributed by atoms with Gasteiger partial charge >= 0.3 is 0 Å². The van der Waals surface area contributed by atoms with Crippen molar-refractivity contribution in [2.75, 3.05) is 0 Å². The number of nitrogens with zero attached hydrogens (tertiary/aromatic N) is 1. The molecule has 0 bridgehead atoms. The van der Waals surface area contributed by atoms with Crippen LogP contribution in [0.2, 0.25) is 10.2 Å². The molecule has 0 atom stereocenters. The summed E-state index contributed by atoms with van der Waals surface area (Å²) in [5.74, 6) is 0. The van der Waals surface area contributed by atoms with Crippen LogP contribution in [-0.4, -0.2) is 10.2 Å². The van der Waals surface area contributed by atoms with Crippen molar-refractivity contribution in [2.45, 2.75) is 6.43 Å². The molecule has 0 amide bonds. The van der Waals surface area contributed by atoms with Gasteiger partial charge in [-0.1, -0.05) is 23.2 Å². The van der Waals surface area contributed by atoms with Crippen molar-refractivity contribution in [3.63, 3.8) is 0 Å². The molecular weight excluding hydrogens is 258 g/mol. The van der Waals surface area contributed by atoms with Gasteiger partial charge in [-0.3, -0.25) is 4.79 Å². The second-order valence-corrected chi connectivity index (χ2v) is 3.37. The zero-order chi connectivity index (χ0) is 10.9. The van der Waals surface area contributed by atoms with Gasteiger partial charge in [0.15, 0.2) is 0 Å².